The Morgan fingerprint density at radius 3 is 2.61 bits per heavy atom. The van der Waals surface area contributed by atoms with Crippen LogP contribution in [0.5, 0.6) is 0 Å². The summed E-state index contributed by atoms with van der Waals surface area (Å²) in [7, 11) is -3.78. The van der Waals surface area contributed by atoms with Crippen LogP contribution in [0, 0.1) is 12.8 Å². The van der Waals surface area contributed by atoms with Crippen LogP contribution < -0.4 is 10.3 Å². The first kappa shape index (κ1) is 20.1. The highest BCUT2D eigenvalue weighted by Crippen LogP contribution is 2.37. The predicted molar refractivity (Wildman–Crippen MR) is 114 cm³/mol. The molecular weight excluding hydrogens is 418 g/mol. The number of Topliss-reactive ketones (excluding diaryl/α,β-unsaturated/α-hetero) is 1. The van der Waals surface area contributed by atoms with E-state index in [1.807, 2.05) is 6.92 Å². The van der Waals surface area contributed by atoms with E-state index in [2.05, 4.69) is 9.88 Å². The van der Waals surface area contributed by atoms with Crippen molar-refractivity contribution in [2.45, 2.75) is 56.5 Å². The maximum absolute atomic E-state index is 13.3. The van der Waals surface area contributed by atoms with Gasteiger partial charge in [0.15, 0.2) is 11.5 Å². The van der Waals surface area contributed by atoms with Gasteiger partial charge < -0.3 is 9.09 Å². The molecule has 9 heteroatoms. The van der Waals surface area contributed by atoms with Crippen LogP contribution in [0.1, 0.15) is 54.4 Å². The molecule has 1 N–H and O–H groups in total. The summed E-state index contributed by atoms with van der Waals surface area (Å²) in [5.41, 5.74) is 0.304. The fourth-order valence-corrected chi connectivity index (χ4v) is 5.24. The molecule has 2 aliphatic rings. The second kappa shape index (κ2) is 6.86. The second-order valence-corrected chi connectivity index (χ2v) is 10.6. The molecule has 0 aliphatic heterocycles. The van der Waals surface area contributed by atoms with E-state index in [1.165, 1.54) is 16.7 Å². The Morgan fingerprint density at radius 1 is 1.26 bits per heavy atom. The molecule has 2 aromatic heterocycles. The summed E-state index contributed by atoms with van der Waals surface area (Å²) in [6, 6.07) is 6.13. The number of carbonyl (C=O) groups is 1. The summed E-state index contributed by atoms with van der Waals surface area (Å²) in [5.74, 6) is 0.421. The number of rotatable bonds is 7. The van der Waals surface area contributed by atoms with Crippen molar-refractivity contribution >= 4 is 26.6 Å². The van der Waals surface area contributed by atoms with Crippen LogP contribution in [0.25, 0.3) is 10.8 Å². The zero-order chi connectivity index (χ0) is 22.0. The molecule has 0 unspecified atom stereocenters. The largest absolute Gasteiger partial charge is 0.359 e. The highest BCUT2D eigenvalue weighted by atomic mass is 32.2. The quantitative estimate of drug-likeness (QED) is 0.565. The van der Waals surface area contributed by atoms with Crippen LogP contribution in [0.3, 0.4) is 0 Å². The molecule has 0 bridgehead atoms. The lowest BCUT2D eigenvalue weighted by Gasteiger charge is -2.14. The van der Waals surface area contributed by atoms with Crippen LogP contribution in [-0.2, 0) is 16.6 Å². The van der Waals surface area contributed by atoms with Gasteiger partial charge in [-0.1, -0.05) is 11.2 Å². The van der Waals surface area contributed by atoms with Crippen LogP contribution >= 0.6 is 0 Å². The van der Waals surface area contributed by atoms with Crippen LogP contribution in [0.15, 0.2) is 44.7 Å². The van der Waals surface area contributed by atoms with Gasteiger partial charge in [0.2, 0.25) is 10.0 Å². The number of carbonyl (C=O) groups excluding carboxylic acids is 1. The van der Waals surface area contributed by atoms with Crippen molar-refractivity contribution in [2.75, 3.05) is 0 Å². The number of fused-ring (bicyclic) bond motifs is 1. The van der Waals surface area contributed by atoms with Crippen LogP contribution in [0.4, 0.5) is 0 Å². The molecular formula is C22H23N3O5S. The lowest BCUT2D eigenvalue weighted by molar-refractivity contribution is 0.0968. The van der Waals surface area contributed by atoms with Crippen molar-refractivity contribution in [1.82, 2.24) is 14.4 Å². The Morgan fingerprint density at radius 2 is 2.00 bits per heavy atom. The molecule has 0 saturated heterocycles. The average molecular weight is 442 g/mol. The average Bonchev–Trinajstić information content (AvgIpc) is 3.64. The Hall–Kier alpha value is -2.78. The highest BCUT2D eigenvalue weighted by Gasteiger charge is 2.41. The zero-order valence-electron chi connectivity index (χ0n) is 17.3. The summed E-state index contributed by atoms with van der Waals surface area (Å²) in [5, 5.41) is 4.52. The van der Waals surface area contributed by atoms with E-state index in [4.69, 9.17) is 4.52 Å². The number of nitrogens with zero attached hydrogens (tertiary/aromatic N) is 2. The van der Waals surface area contributed by atoms with Crippen molar-refractivity contribution < 1.29 is 17.7 Å². The molecule has 162 valence electrons. The number of sulfonamides is 1. The van der Waals surface area contributed by atoms with Gasteiger partial charge in [-0.3, -0.25) is 9.59 Å². The van der Waals surface area contributed by atoms with Gasteiger partial charge in [0, 0.05) is 34.7 Å². The van der Waals surface area contributed by atoms with Gasteiger partial charge in [0.1, 0.15) is 0 Å². The highest BCUT2D eigenvalue weighted by molar-refractivity contribution is 7.89. The van der Waals surface area contributed by atoms with E-state index < -0.39 is 15.6 Å². The fourth-order valence-electron chi connectivity index (χ4n) is 3.75. The normalized spacial score (nSPS) is 17.7. The smallest absolute Gasteiger partial charge is 0.258 e. The Balaban J connectivity index is 1.65. The standard InChI is InChI=1S/C22H23N3O5S/c1-13-9-15(30-23-13)11-25-12-19(20(26)14-3-4-14)17-6-5-16(10-18(17)21(25)27)31(28,29)24-22(2)7-8-22/h5-6,9-10,12,14,24H,3-4,7-8,11H2,1-2H3. The van der Waals surface area contributed by atoms with Gasteiger partial charge in [-0.25, -0.2) is 13.1 Å². The first-order valence-corrected chi connectivity index (χ1v) is 11.8. The topological polar surface area (TPSA) is 111 Å². The minimum atomic E-state index is -3.78. The monoisotopic (exact) mass is 441 g/mol. The summed E-state index contributed by atoms with van der Waals surface area (Å²) < 4.78 is 35.0. The maximum atomic E-state index is 13.3. The number of ketones is 1. The third kappa shape index (κ3) is 3.83. The Bertz CT molecular complexity index is 1380. The van der Waals surface area contributed by atoms with Crippen molar-refractivity contribution in [1.29, 1.82) is 0 Å². The third-order valence-corrected chi connectivity index (χ3v) is 7.60. The molecule has 8 nitrogen and oxygen atoms in total. The fraction of sp³-hybridized carbons (Fsp3) is 0.409. The van der Waals surface area contributed by atoms with Crippen molar-refractivity contribution in [3.63, 3.8) is 0 Å². The molecule has 0 spiro atoms. The number of aromatic nitrogens is 2. The first-order valence-electron chi connectivity index (χ1n) is 10.3. The molecule has 5 rings (SSSR count). The van der Waals surface area contributed by atoms with E-state index in [9.17, 15) is 18.0 Å². The molecule has 1 aromatic carbocycles. The van der Waals surface area contributed by atoms with Crippen LogP contribution in [-0.4, -0.2) is 29.5 Å². The Labute approximate surface area is 179 Å². The van der Waals surface area contributed by atoms with E-state index in [0.717, 1.165) is 25.7 Å². The van der Waals surface area contributed by atoms with Gasteiger partial charge in [-0.2, -0.15) is 0 Å². The van der Waals surface area contributed by atoms with Gasteiger partial charge in [-0.05, 0) is 57.0 Å². The minimum Gasteiger partial charge on any atom is -0.359 e. The summed E-state index contributed by atoms with van der Waals surface area (Å²) in [6.45, 7) is 3.74. The van der Waals surface area contributed by atoms with E-state index in [0.29, 0.717) is 22.4 Å². The molecule has 0 radical (unpaired) electrons. The van der Waals surface area contributed by atoms with Gasteiger partial charge in [-0.15, -0.1) is 0 Å². The molecule has 0 amide bonds. The molecule has 2 aliphatic carbocycles. The molecule has 2 fully saturated rings. The first-order chi connectivity index (χ1) is 14.7. The Kier molecular flexibility index (Phi) is 4.46. The van der Waals surface area contributed by atoms with Gasteiger partial charge in [0.05, 0.1) is 17.1 Å². The zero-order valence-corrected chi connectivity index (χ0v) is 18.2. The van der Waals surface area contributed by atoms with E-state index >= 15 is 0 Å². The number of aryl methyl sites for hydroxylation is 1. The number of hydrogen-bond donors (Lipinski definition) is 1. The maximum Gasteiger partial charge on any atom is 0.258 e. The van der Waals surface area contributed by atoms with Crippen molar-refractivity contribution in [3.8, 4) is 0 Å². The van der Waals surface area contributed by atoms with Gasteiger partial charge >= 0.3 is 0 Å². The predicted octanol–water partition coefficient (Wildman–Crippen LogP) is 2.77. The van der Waals surface area contributed by atoms with E-state index in [-0.39, 0.29) is 34.1 Å². The molecule has 0 atom stereocenters. The van der Waals surface area contributed by atoms with Crippen molar-refractivity contribution in [3.05, 3.63) is 57.8 Å². The lowest BCUT2D eigenvalue weighted by Crippen LogP contribution is -2.34. The number of hydrogen-bond acceptors (Lipinski definition) is 6. The lowest BCUT2D eigenvalue weighted by atomic mass is 10.0. The summed E-state index contributed by atoms with van der Waals surface area (Å²) >= 11 is 0. The van der Waals surface area contributed by atoms with E-state index in [1.54, 1.807) is 25.3 Å². The molecule has 31 heavy (non-hydrogen) atoms. The molecule has 2 heterocycles. The van der Waals surface area contributed by atoms with Gasteiger partial charge in [0.25, 0.3) is 5.56 Å². The number of benzene rings is 1. The SMILES string of the molecule is Cc1cc(Cn2cc(C(=O)C3CC3)c3ccc(S(=O)(=O)NC4(C)CC4)cc3c2=O)on1. The van der Waals surface area contributed by atoms with Crippen LogP contribution in [0.2, 0.25) is 0 Å². The number of nitrogens with one attached hydrogen (secondary N) is 1. The molecule has 3 aromatic rings. The minimum absolute atomic E-state index is 0.0169. The molecule has 2 saturated carbocycles. The second-order valence-electron chi connectivity index (χ2n) is 8.92. The number of pyridine rings is 1. The third-order valence-electron chi connectivity index (χ3n) is 5.97. The summed E-state index contributed by atoms with van der Waals surface area (Å²) in [4.78, 5) is 26.2. The van der Waals surface area contributed by atoms with Crippen molar-refractivity contribution in [2.24, 2.45) is 5.92 Å². The summed E-state index contributed by atoms with van der Waals surface area (Å²) in [6.07, 6.45) is 4.78.